The highest BCUT2D eigenvalue weighted by molar-refractivity contribution is 6.02. The van der Waals surface area contributed by atoms with E-state index in [9.17, 15) is 13.6 Å². The number of carbonyl (C=O) groups excluding carboxylic acids is 1. The van der Waals surface area contributed by atoms with E-state index in [1.165, 1.54) is 6.07 Å². The molecule has 90 valence electrons. The fourth-order valence-corrected chi connectivity index (χ4v) is 1.59. The van der Waals surface area contributed by atoms with Gasteiger partial charge in [0.2, 0.25) is 0 Å². The molecular weight excluding hydrogens is 228 g/mol. The molecule has 3 nitrogen and oxygen atoms in total. The van der Waals surface area contributed by atoms with E-state index in [0.29, 0.717) is 0 Å². The minimum Gasteiger partial charge on any atom is -0.458 e. The molecule has 0 unspecified atom stereocenters. The first-order chi connectivity index (χ1) is 8.04. The smallest absolute Gasteiger partial charge is 0.179 e. The molecular formula is C12H11F2NO2. The van der Waals surface area contributed by atoms with Crippen LogP contribution in [0.4, 0.5) is 8.78 Å². The standard InChI is InChI=1S/C12H11F2NO2/c1-6(15-2)11(16)7-3-8-10(14)5-17-12(8)9(13)4-7/h3-6,15H,1-2H3/t6-/m1/s1. The zero-order valence-electron chi connectivity index (χ0n) is 9.38. The molecule has 1 aromatic carbocycles. The van der Waals surface area contributed by atoms with E-state index in [-0.39, 0.29) is 22.3 Å². The Balaban J connectivity index is 2.56. The van der Waals surface area contributed by atoms with Crippen molar-refractivity contribution in [1.29, 1.82) is 0 Å². The van der Waals surface area contributed by atoms with Gasteiger partial charge in [-0.2, -0.15) is 0 Å². The Bertz CT molecular complexity index is 577. The van der Waals surface area contributed by atoms with Crippen molar-refractivity contribution in [3.05, 3.63) is 35.6 Å². The number of likely N-dealkylation sites (N-methyl/N-ethyl adjacent to an activating group) is 1. The normalized spacial score (nSPS) is 12.9. The summed E-state index contributed by atoms with van der Waals surface area (Å²) in [4.78, 5) is 11.8. The summed E-state index contributed by atoms with van der Waals surface area (Å²) in [6.45, 7) is 1.65. The van der Waals surface area contributed by atoms with Crippen LogP contribution in [0.1, 0.15) is 17.3 Å². The monoisotopic (exact) mass is 239 g/mol. The zero-order valence-corrected chi connectivity index (χ0v) is 9.38. The van der Waals surface area contributed by atoms with Gasteiger partial charge in [-0.3, -0.25) is 4.79 Å². The molecule has 0 aliphatic carbocycles. The van der Waals surface area contributed by atoms with Crippen molar-refractivity contribution < 1.29 is 18.0 Å². The Hall–Kier alpha value is -1.75. The van der Waals surface area contributed by atoms with Crippen molar-refractivity contribution in [3.8, 4) is 0 Å². The molecule has 0 spiro atoms. The highest BCUT2D eigenvalue weighted by atomic mass is 19.1. The third-order valence-corrected chi connectivity index (χ3v) is 2.69. The molecule has 0 saturated heterocycles. The Morgan fingerprint density at radius 3 is 2.71 bits per heavy atom. The first kappa shape index (κ1) is 11.7. The molecule has 1 aromatic heterocycles. The first-order valence-electron chi connectivity index (χ1n) is 5.12. The van der Waals surface area contributed by atoms with Gasteiger partial charge in [-0.05, 0) is 26.1 Å². The van der Waals surface area contributed by atoms with Crippen LogP contribution in [0.3, 0.4) is 0 Å². The maximum atomic E-state index is 13.6. The van der Waals surface area contributed by atoms with Gasteiger partial charge in [0.05, 0.1) is 11.4 Å². The van der Waals surface area contributed by atoms with Crippen LogP contribution in [0.2, 0.25) is 0 Å². The van der Waals surface area contributed by atoms with Crippen molar-refractivity contribution in [2.75, 3.05) is 7.05 Å². The number of benzene rings is 1. The van der Waals surface area contributed by atoms with Gasteiger partial charge in [0.25, 0.3) is 0 Å². The second-order valence-electron chi connectivity index (χ2n) is 3.79. The molecule has 17 heavy (non-hydrogen) atoms. The minimum atomic E-state index is -0.738. The molecule has 2 aromatic rings. The van der Waals surface area contributed by atoms with Gasteiger partial charge in [-0.15, -0.1) is 0 Å². The van der Waals surface area contributed by atoms with Crippen LogP contribution < -0.4 is 5.32 Å². The SMILES string of the molecule is CN[C@H](C)C(=O)c1cc(F)c2occ(F)c2c1. The van der Waals surface area contributed by atoms with Gasteiger partial charge in [-0.1, -0.05) is 0 Å². The number of fused-ring (bicyclic) bond motifs is 1. The highest BCUT2D eigenvalue weighted by Gasteiger charge is 2.18. The Kier molecular flexibility index (Phi) is 2.93. The van der Waals surface area contributed by atoms with Gasteiger partial charge >= 0.3 is 0 Å². The van der Waals surface area contributed by atoms with Gasteiger partial charge in [0.1, 0.15) is 6.26 Å². The van der Waals surface area contributed by atoms with Gasteiger partial charge in [0.15, 0.2) is 23.0 Å². The second-order valence-corrected chi connectivity index (χ2v) is 3.79. The van der Waals surface area contributed by atoms with E-state index in [4.69, 9.17) is 4.42 Å². The van der Waals surface area contributed by atoms with Crippen molar-refractivity contribution in [2.45, 2.75) is 13.0 Å². The van der Waals surface area contributed by atoms with Crippen molar-refractivity contribution >= 4 is 16.8 Å². The molecule has 0 bridgehead atoms. The van der Waals surface area contributed by atoms with Crippen LogP contribution in [0.25, 0.3) is 11.0 Å². The molecule has 1 N–H and O–H groups in total. The third kappa shape index (κ3) is 1.93. The number of halogens is 2. The summed E-state index contributed by atoms with van der Waals surface area (Å²) >= 11 is 0. The molecule has 1 heterocycles. The molecule has 0 amide bonds. The van der Waals surface area contributed by atoms with E-state index in [0.717, 1.165) is 12.3 Å². The number of furan rings is 1. The highest BCUT2D eigenvalue weighted by Crippen LogP contribution is 2.24. The lowest BCUT2D eigenvalue weighted by molar-refractivity contribution is 0.0955. The van der Waals surface area contributed by atoms with Crippen LogP contribution in [0.15, 0.2) is 22.8 Å². The number of ketones is 1. The number of hydrogen-bond acceptors (Lipinski definition) is 3. The zero-order chi connectivity index (χ0) is 12.6. The minimum absolute atomic E-state index is 0.0170. The number of Topliss-reactive ketones (excluding diaryl/α,β-unsaturated/α-hetero) is 1. The largest absolute Gasteiger partial charge is 0.458 e. The summed E-state index contributed by atoms with van der Waals surface area (Å²) in [6.07, 6.45) is 0.823. The van der Waals surface area contributed by atoms with Crippen molar-refractivity contribution in [2.24, 2.45) is 0 Å². The lowest BCUT2D eigenvalue weighted by Crippen LogP contribution is -2.30. The van der Waals surface area contributed by atoms with Crippen molar-refractivity contribution in [3.63, 3.8) is 0 Å². The molecule has 5 heteroatoms. The summed E-state index contributed by atoms with van der Waals surface area (Å²) in [5.74, 6) is -1.71. The van der Waals surface area contributed by atoms with E-state index < -0.39 is 17.7 Å². The fourth-order valence-electron chi connectivity index (χ4n) is 1.59. The molecule has 0 radical (unpaired) electrons. The lowest BCUT2D eigenvalue weighted by Gasteiger charge is -2.08. The summed E-state index contributed by atoms with van der Waals surface area (Å²) in [5, 5.41) is 2.73. The van der Waals surface area contributed by atoms with Crippen LogP contribution in [0, 0.1) is 11.6 Å². The molecule has 0 fully saturated rings. The quantitative estimate of drug-likeness (QED) is 0.837. The average molecular weight is 239 g/mol. The molecule has 0 aliphatic heterocycles. The predicted molar refractivity (Wildman–Crippen MR) is 59.0 cm³/mol. The number of nitrogens with one attached hydrogen (secondary N) is 1. The summed E-state index contributed by atoms with van der Waals surface area (Å²) < 4.78 is 31.5. The van der Waals surface area contributed by atoms with Gasteiger partial charge in [-0.25, -0.2) is 8.78 Å². The Labute approximate surface area is 96.4 Å². The van der Waals surface area contributed by atoms with E-state index in [1.54, 1.807) is 14.0 Å². The van der Waals surface area contributed by atoms with Gasteiger partial charge in [0, 0.05) is 5.56 Å². The third-order valence-electron chi connectivity index (χ3n) is 2.69. The van der Waals surface area contributed by atoms with Gasteiger partial charge < -0.3 is 9.73 Å². The molecule has 0 aliphatic rings. The predicted octanol–water partition coefficient (Wildman–Crippen LogP) is 2.50. The lowest BCUT2D eigenvalue weighted by atomic mass is 10.0. The summed E-state index contributed by atoms with van der Waals surface area (Å²) in [7, 11) is 1.62. The topological polar surface area (TPSA) is 42.2 Å². The first-order valence-corrected chi connectivity index (χ1v) is 5.12. The number of rotatable bonds is 3. The van der Waals surface area contributed by atoms with Crippen LogP contribution in [-0.4, -0.2) is 18.9 Å². The maximum absolute atomic E-state index is 13.6. The second kappa shape index (κ2) is 4.25. The van der Waals surface area contributed by atoms with Crippen LogP contribution in [0.5, 0.6) is 0 Å². The van der Waals surface area contributed by atoms with Crippen LogP contribution in [-0.2, 0) is 0 Å². The van der Waals surface area contributed by atoms with E-state index in [2.05, 4.69) is 5.32 Å². The number of carbonyl (C=O) groups is 1. The molecule has 1 atom stereocenters. The summed E-state index contributed by atoms with van der Waals surface area (Å²) in [6, 6.07) is 1.90. The van der Waals surface area contributed by atoms with E-state index in [1.807, 2.05) is 0 Å². The maximum Gasteiger partial charge on any atom is 0.179 e. The molecule has 2 rings (SSSR count). The summed E-state index contributed by atoms with van der Waals surface area (Å²) in [5.41, 5.74) is -0.0479. The fraction of sp³-hybridized carbons (Fsp3) is 0.250. The number of hydrogen-bond donors (Lipinski definition) is 1. The average Bonchev–Trinajstić information content (AvgIpc) is 2.70. The Morgan fingerprint density at radius 2 is 2.06 bits per heavy atom. The van der Waals surface area contributed by atoms with E-state index >= 15 is 0 Å². The van der Waals surface area contributed by atoms with Crippen LogP contribution >= 0.6 is 0 Å². The Morgan fingerprint density at radius 1 is 1.35 bits per heavy atom. The van der Waals surface area contributed by atoms with Crippen molar-refractivity contribution in [1.82, 2.24) is 5.32 Å². The molecule has 0 saturated carbocycles.